The second-order valence-electron chi connectivity index (χ2n) is 5.86. The van der Waals surface area contributed by atoms with E-state index in [2.05, 4.69) is 15.2 Å². The van der Waals surface area contributed by atoms with Crippen molar-refractivity contribution in [2.45, 2.75) is 24.5 Å². The number of carbonyl (C=O) groups excluding carboxylic acids is 2. The molecule has 1 aromatic rings. The third-order valence-electron chi connectivity index (χ3n) is 4.42. The number of hydrogen-bond donors (Lipinski definition) is 1. The summed E-state index contributed by atoms with van der Waals surface area (Å²) in [4.78, 5) is 45.4. The lowest BCUT2D eigenvalue weighted by molar-refractivity contribution is -0.286. The van der Waals surface area contributed by atoms with Gasteiger partial charge in [0.1, 0.15) is 6.17 Å². The normalized spacial score (nSPS) is 23.1. The second-order valence-corrected chi connectivity index (χ2v) is 5.86. The topological polar surface area (TPSA) is 108 Å². The van der Waals surface area contributed by atoms with E-state index in [9.17, 15) is 14.4 Å². The Labute approximate surface area is 135 Å². The molecular formula is C14H15N3O7. The van der Waals surface area contributed by atoms with Gasteiger partial charge in [0, 0.05) is 12.3 Å². The van der Waals surface area contributed by atoms with Crippen molar-refractivity contribution in [2.24, 2.45) is 0 Å². The lowest BCUT2D eigenvalue weighted by atomic mass is 10.1. The fourth-order valence-corrected chi connectivity index (χ4v) is 3.20. The van der Waals surface area contributed by atoms with Crippen LogP contribution in [0.15, 0.2) is 17.1 Å². The predicted octanol–water partition coefficient (Wildman–Crippen LogP) is -0.823. The first kappa shape index (κ1) is 15.0. The molecule has 1 atom stereocenters. The largest absolute Gasteiger partial charge is 0.457 e. The molecule has 0 bridgehead atoms. The van der Waals surface area contributed by atoms with Crippen LogP contribution < -0.4 is 15.6 Å². The van der Waals surface area contributed by atoms with E-state index in [1.54, 1.807) is 4.90 Å². The smallest absolute Gasteiger partial charge is 0.330 e. The number of hydrogen-bond acceptors (Lipinski definition) is 8. The minimum Gasteiger partial charge on any atom is -0.457 e. The monoisotopic (exact) mass is 337 g/mol. The molecule has 4 rings (SSSR count). The van der Waals surface area contributed by atoms with Crippen LogP contribution in [0.4, 0.5) is 0 Å². The van der Waals surface area contributed by atoms with Gasteiger partial charge >= 0.3 is 6.47 Å². The Morgan fingerprint density at radius 2 is 2.25 bits per heavy atom. The van der Waals surface area contributed by atoms with Crippen LogP contribution in [0.3, 0.4) is 0 Å². The van der Waals surface area contributed by atoms with E-state index in [0.717, 1.165) is 12.8 Å². The van der Waals surface area contributed by atoms with E-state index < -0.39 is 12.2 Å². The Bertz CT molecular complexity index is 742. The Kier molecular flexibility index (Phi) is 3.43. The molecule has 3 heterocycles. The van der Waals surface area contributed by atoms with Crippen LogP contribution in [-0.2, 0) is 19.3 Å². The molecule has 10 heteroatoms. The Balaban J connectivity index is 1.68. The molecule has 0 radical (unpaired) electrons. The molecule has 3 aliphatic rings. The van der Waals surface area contributed by atoms with Crippen LogP contribution in [0.1, 0.15) is 23.3 Å². The molecule has 1 amide bonds. The summed E-state index contributed by atoms with van der Waals surface area (Å²) >= 11 is 0. The van der Waals surface area contributed by atoms with Crippen molar-refractivity contribution in [2.75, 3.05) is 25.4 Å². The van der Waals surface area contributed by atoms with Crippen molar-refractivity contribution in [1.29, 1.82) is 0 Å². The summed E-state index contributed by atoms with van der Waals surface area (Å²) in [5.74, 6) is -0.464. The fourth-order valence-electron chi connectivity index (χ4n) is 3.20. The number of nitrogens with one attached hydrogen (secondary N) is 1. The molecule has 2 aliphatic heterocycles. The van der Waals surface area contributed by atoms with Crippen molar-refractivity contribution in [3.8, 4) is 5.75 Å². The summed E-state index contributed by atoms with van der Waals surface area (Å²) in [7, 11) is 0. The molecule has 1 unspecified atom stereocenters. The van der Waals surface area contributed by atoms with E-state index >= 15 is 0 Å². The summed E-state index contributed by atoms with van der Waals surface area (Å²) in [5, 5.41) is 0. The van der Waals surface area contributed by atoms with Gasteiger partial charge in [0.05, 0.1) is 18.8 Å². The minimum atomic E-state index is -0.504. The highest BCUT2D eigenvalue weighted by Gasteiger charge is 2.57. The van der Waals surface area contributed by atoms with E-state index in [-0.39, 0.29) is 35.5 Å². The molecular weight excluding hydrogens is 322 g/mol. The van der Waals surface area contributed by atoms with Crippen LogP contribution in [0.2, 0.25) is 0 Å². The van der Waals surface area contributed by atoms with Gasteiger partial charge in [-0.1, -0.05) is 0 Å². The van der Waals surface area contributed by atoms with Crippen LogP contribution in [0, 0.1) is 0 Å². The zero-order valence-electron chi connectivity index (χ0n) is 12.6. The molecule has 1 aliphatic carbocycles. The van der Waals surface area contributed by atoms with Gasteiger partial charge < -0.3 is 19.8 Å². The van der Waals surface area contributed by atoms with Crippen molar-refractivity contribution < 1.29 is 28.8 Å². The number of ether oxygens (including phenoxy) is 2. The first-order valence-corrected chi connectivity index (χ1v) is 7.45. The summed E-state index contributed by atoms with van der Waals surface area (Å²) in [6.07, 6.45) is 2.89. The lowest BCUT2D eigenvalue weighted by Crippen LogP contribution is -2.64. The molecule has 1 spiro atoms. The average molecular weight is 337 g/mol. The van der Waals surface area contributed by atoms with Crippen molar-refractivity contribution in [3.05, 3.63) is 28.2 Å². The van der Waals surface area contributed by atoms with Gasteiger partial charge in [-0.15, -0.1) is 4.89 Å². The standard InChI is InChI=1S/C14H15N3O7/c18-7-23-24-8-22-12-9(19)1-4-16-11(12)13(20)17-10(15-16)5-21-6-14(17)2-3-14/h1,4,7,10,15H,2-3,5-6,8H2. The summed E-state index contributed by atoms with van der Waals surface area (Å²) < 4.78 is 12.3. The van der Waals surface area contributed by atoms with Crippen molar-refractivity contribution >= 4 is 12.4 Å². The maximum absolute atomic E-state index is 13.0. The molecule has 10 nitrogen and oxygen atoms in total. The molecule has 128 valence electrons. The number of pyridine rings is 1. The molecule has 0 aromatic carbocycles. The van der Waals surface area contributed by atoms with Gasteiger partial charge in [-0.3, -0.25) is 23.9 Å². The number of rotatable bonds is 5. The zero-order valence-corrected chi connectivity index (χ0v) is 12.6. The fraction of sp³-hybridized carbons (Fsp3) is 0.500. The van der Waals surface area contributed by atoms with Crippen LogP contribution in [-0.4, -0.2) is 53.7 Å². The number of aromatic nitrogens is 1. The van der Waals surface area contributed by atoms with Crippen LogP contribution in [0.5, 0.6) is 5.75 Å². The molecule has 1 aromatic heterocycles. The third kappa shape index (κ3) is 2.22. The van der Waals surface area contributed by atoms with E-state index in [0.29, 0.717) is 13.2 Å². The Morgan fingerprint density at radius 1 is 1.42 bits per heavy atom. The first-order chi connectivity index (χ1) is 11.7. The Hall–Kier alpha value is -2.59. The first-order valence-electron chi connectivity index (χ1n) is 7.45. The number of nitrogens with zero attached hydrogens (tertiary/aromatic N) is 2. The summed E-state index contributed by atoms with van der Waals surface area (Å²) in [6.45, 7) is 0.431. The zero-order chi connectivity index (χ0) is 16.7. The molecule has 2 fully saturated rings. The molecule has 24 heavy (non-hydrogen) atoms. The van der Waals surface area contributed by atoms with Gasteiger partial charge in [0.2, 0.25) is 18.0 Å². The highest BCUT2D eigenvalue weighted by Crippen LogP contribution is 2.46. The second kappa shape index (κ2) is 5.49. The van der Waals surface area contributed by atoms with Crippen LogP contribution in [0.25, 0.3) is 0 Å². The van der Waals surface area contributed by atoms with Gasteiger partial charge in [-0.05, 0) is 12.8 Å². The van der Waals surface area contributed by atoms with E-state index in [1.807, 2.05) is 0 Å². The van der Waals surface area contributed by atoms with E-state index in [4.69, 9.17) is 9.47 Å². The minimum absolute atomic E-state index is 0.0819. The van der Waals surface area contributed by atoms with Crippen molar-refractivity contribution in [3.63, 3.8) is 0 Å². The number of amides is 1. The quantitative estimate of drug-likeness (QED) is 0.244. The SMILES string of the molecule is O=COOCOc1c2n(ccc1=O)NC1COCC3(CC3)N1C2=O. The summed E-state index contributed by atoms with van der Waals surface area (Å²) in [6, 6.07) is 1.27. The average Bonchev–Trinajstić information content (AvgIpc) is 3.33. The summed E-state index contributed by atoms with van der Waals surface area (Å²) in [5.41, 5.74) is 2.45. The van der Waals surface area contributed by atoms with Gasteiger partial charge in [-0.25, -0.2) is 0 Å². The molecule has 1 N–H and O–H groups in total. The van der Waals surface area contributed by atoms with Gasteiger partial charge in [0.15, 0.2) is 5.69 Å². The van der Waals surface area contributed by atoms with E-state index in [1.165, 1.54) is 16.9 Å². The number of carbonyl (C=O) groups is 2. The van der Waals surface area contributed by atoms with Gasteiger partial charge in [-0.2, -0.15) is 0 Å². The third-order valence-corrected chi connectivity index (χ3v) is 4.42. The number of morpholine rings is 1. The molecule has 1 saturated heterocycles. The van der Waals surface area contributed by atoms with Crippen molar-refractivity contribution in [1.82, 2.24) is 9.58 Å². The van der Waals surface area contributed by atoms with Crippen LogP contribution >= 0.6 is 0 Å². The highest BCUT2D eigenvalue weighted by atomic mass is 17.2. The lowest BCUT2D eigenvalue weighted by Gasteiger charge is -2.46. The van der Waals surface area contributed by atoms with Gasteiger partial charge in [0.25, 0.3) is 5.91 Å². The number of fused-ring (bicyclic) bond motifs is 3. The maximum Gasteiger partial charge on any atom is 0.330 e. The molecule has 1 saturated carbocycles. The highest BCUT2D eigenvalue weighted by molar-refractivity contribution is 5.97. The Morgan fingerprint density at radius 3 is 3.00 bits per heavy atom. The maximum atomic E-state index is 13.0. The predicted molar refractivity (Wildman–Crippen MR) is 76.5 cm³/mol.